The summed E-state index contributed by atoms with van der Waals surface area (Å²) in [5.41, 5.74) is 1.03. The van der Waals surface area contributed by atoms with E-state index in [1.165, 1.54) is 0 Å². The fourth-order valence-corrected chi connectivity index (χ4v) is 1.75. The Morgan fingerprint density at radius 1 is 0.882 bits per heavy atom. The normalized spacial score (nSPS) is 9.71. The van der Waals surface area contributed by atoms with E-state index in [-0.39, 0.29) is 0 Å². The van der Waals surface area contributed by atoms with Crippen LogP contribution >= 0.6 is 0 Å². The van der Waals surface area contributed by atoms with Crippen molar-refractivity contribution in [3.8, 4) is 11.5 Å². The topological polar surface area (TPSA) is 18.5 Å². The molecule has 0 fully saturated rings. The number of benzene rings is 2. The van der Waals surface area contributed by atoms with E-state index < -0.39 is 0 Å². The second-order valence-electron chi connectivity index (χ2n) is 3.43. The summed E-state index contributed by atoms with van der Waals surface area (Å²) in [7, 11) is 1.64. The average Bonchev–Trinajstić information content (AvgIpc) is 2.40. The Morgan fingerprint density at radius 3 is 2.06 bits per heavy atom. The summed E-state index contributed by atoms with van der Waals surface area (Å²) < 4.78 is 11.6. The van der Waals surface area contributed by atoms with Crippen LogP contribution in [0, 0.1) is 0 Å². The van der Waals surface area contributed by atoms with Crippen LogP contribution in [0.2, 0.25) is 0 Å². The molecule has 0 heterocycles. The molecule has 3 heteroatoms. The monoisotopic (exact) mass is 264 g/mol. The van der Waals surface area contributed by atoms with E-state index in [1.54, 1.807) is 7.11 Å². The maximum absolute atomic E-state index is 5.71. The van der Waals surface area contributed by atoms with Gasteiger partial charge in [-0.2, -0.15) is 0 Å². The molecule has 0 aliphatic carbocycles. The number of rotatable bonds is 4. The third-order valence-electron chi connectivity index (χ3n) is 2.28. The first-order valence-corrected chi connectivity index (χ1v) is 5.84. The van der Waals surface area contributed by atoms with Crippen LogP contribution < -0.4 is 9.47 Å². The summed E-state index contributed by atoms with van der Waals surface area (Å²) in [5.74, 6) is 1.60. The first-order chi connectivity index (χ1) is 8.29. The molecular weight excluding hydrogens is 252 g/mol. The van der Waals surface area contributed by atoms with Gasteiger partial charge in [0.2, 0.25) is 0 Å². The number of methoxy groups -OCH3 is 1. The maximum atomic E-state index is 5.71. The van der Waals surface area contributed by atoms with Crippen molar-refractivity contribution < 1.29 is 25.3 Å². The zero-order valence-corrected chi connectivity index (χ0v) is 10.7. The van der Waals surface area contributed by atoms with Crippen molar-refractivity contribution >= 4 is 4.57 Å². The van der Waals surface area contributed by atoms with Crippen LogP contribution in [-0.2, 0) is 15.9 Å². The van der Waals surface area contributed by atoms with Crippen molar-refractivity contribution in [2.24, 2.45) is 0 Å². The molecule has 0 spiro atoms. The fraction of sp³-hybridized carbons (Fsp3) is 0.0714. The molecule has 0 aliphatic rings. The Morgan fingerprint density at radius 2 is 1.47 bits per heavy atom. The van der Waals surface area contributed by atoms with Gasteiger partial charge in [-0.15, -0.1) is 0 Å². The molecular formula is C14H12CrO2. The summed E-state index contributed by atoms with van der Waals surface area (Å²) in [5, 5.41) is 0. The fourth-order valence-electron chi connectivity index (χ4n) is 1.38. The molecule has 0 N–H and O–H groups in total. The van der Waals surface area contributed by atoms with Crippen molar-refractivity contribution in [3.05, 3.63) is 60.2 Å². The van der Waals surface area contributed by atoms with Crippen LogP contribution in [0.5, 0.6) is 11.5 Å². The van der Waals surface area contributed by atoms with E-state index in [4.69, 9.17) is 9.47 Å². The van der Waals surface area contributed by atoms with E-state index in [0.29, 0.717) is 0 Å². The molecule has 0 bridgehead atoms. The first kappa shape index (κ1) is 11.9. The van der Waals surface area contributed by atoms with Crippen LogP contribution in [0.1, 0.15) is 5.56 Å². The van der Waals surface area contributed by atoms with Crippen molar-refractivity contribution in [2.45, 2.75) is 0 Å². The van der Waals surface area contributed by atoms with Gasteiger partial charge in [0.25, 0.3) is 0 Å². The van der Waals surface area contributed by atoms with E-state index in [2.05, 4.69) is 15.9 Å². The van der Waals surface area contributed by atoms with E-state index in [9.17, 15) is 0 Å². The molecule has 2 aromatic rings. The molecule has 17 heavy (non-hydrogen) atoms. The third-order valence-corrected chi connectivity index (χ3v) is 2.78. The second-order valence-corrected chi connectivity index (χ2v) is 4.01. The third kappa shape index (κ3) is 3.20. The molecule has 0 atom stereocenters. The Kier molecular flexibility index (Phi) is 3.98. The zero-order valence-electron chi connectivity index (χ0n) is 9.42. The van der Waals surface area contributed by atoms with Crippen LogP contribution in [0.4, 0.5) is 0 Å². The summed E-state index contributed by atoms with van der Waals surface area (Å²) in [6, 6.07) is 17.4. The Hall–Kier alpha value is -1.56. The quantitative estimate of drug-likeness (QED) is 0.845. The van der Waals surface area contributed by atoms with Gasteiger partial charge in [0, 0.05) is 0 Å². The summed E-state index contributed by atoms with van der Waals surface area (Å²) in [6.07, 6.45) is 0. The Bertz CT molecular complexity index is 491. The van der Waals surface area contributed by atoms with Gasteiger partial charge >= 0.3 is 109 Å². The summed E-state index contributed by atoms with van der Waals surface area (Å²) in [4.78, 5) is 0. The van der Waals surface area contributed by atoms with Crippen LogP contribution in [0.3, 0.4) is 0 Å². The number of hydrogen-bond donors (Lipinski definition) is 0. The van der Waals surface area contributed by atoms with Crippen LogP contribution in [-0.4, -0.2) is 11.7 Å². The van der Waals surface area contributed by atoms with E-state index >= 15 is 0 Å². The van der Waals surface area contributed by atoms with Gasteiger partial charge in [0.05, 0.1) is 0 Å². The molecule has 0 saturated carbocycles. The van der Waals surface area contributed by atoms with Gasteiger partial charge < -0.3 is 0 Å². The van der Waals surface area contributed by atoms with Gasteiger partial charge in [-0.25, -0.2) is 0 Å². The number of hydrogen-bond acceptors (Lipinski definition) is 2. The van der Waals surface area contributed by atoms with Crippen molar-refractivity contribution in [1.29, 1.82) is 0 Å². The number of ether oxygens (including phenoxy) is 2. The molecule has 0 saturated heterocycles. The molecule has 0 radical (unpaired) electrons. The van der Waals surface area contributed by atoms with Crippen LogP contribution in [0.15, 0.2) is 54.6 Å². The van der Waals surface area contributed by atoms with Gasteiger partial charge in [-0.05, 0) is 0 Å². The van der Waals surface area contributed by atoms with Gasteiger partial charge in [-0.1, -0.05) is 0 Å². The second kappa shape index (κ2) is 5.68. The summed E-state index contributed by atoms with van der Waals surface area (Å²) >= 11 is 2.93. The predicted octanol–water partition coefficient (Wildman–Crippen LogP) is 2.80. The average molecular weight is 264 g/mol. The molecule has 0 aliphatic heterocycles. The van der Waals surface area contributed by atoms with Gasteiger partial charge in [0.15, 0.2) is 0 Å². The van der Waals surface area contributed by atoms with Crippen molar-refractivity contribution in [1.82, 2.24) is 0 Å². The molecule has 0 unspecified atom stereocenters. The van der Waals surface area contributed by atoms with Crippen molar-refractivity contribution in [3.63, 3.8) is 0 Å². The zero-order chi connectivity index (χ0) is 12.1. The summed E-state index contributed by atoms with van der Waals surface area (Å²) in [6.45, 7) is 0. The molecule has 0 aromatic heterocycles. The van der Waals surface area contributed by atoms with Gasteiger partial charge in [-0.3, -0.25) is 0 Å². The SMILES string of the molecule is COc1ccc(O[C](=[Cr])c2ccccc2)cc1. The molecule has 0 amide bonds. The minimum absolute atomic E-state index is 0.760. The van der Waals surface area contributed by atoms with Gasteiger partial charge in [0.1, 0.15) is 0 Å². The van der Waals surface area contributed by atoms with Crippen molar-refractivity contribution in [2.75, 3.05) is 7.11 Å². The molecule has 2 rings (SSSR count). The predicted molar refractivity (Wildman–Crippen MR) is 64.2 cm³/mol. The molecule has 86 valence electrons. The first-order valence-electron chi connectivity index (χ1n) is 5.21. The van der Waals surface area contributed by atoms with E-state index in [0.717, 1.165) is 21.6 Å². The Labute approximate surface area is 109 Å². The molecule has 2 nitrogen and oxygen atoms in total. The minimum atomic E-state index is 0.760. The Balaban J connectivity index is 2.08. The standard InChI is InChI=1S/C14H12O2.Cr/c1-15-13-7-9-14(10-8-13)16-11-12-5-3-2-4-6-12;/h2-10H,1H3;. The van der Waals surface area contributed by atoms with Crippen LogP contribution in [0.25, 0.3) is 0 Å². The van der Waals surface area contributed by atoms with E-state index in [1.807, 2.05) is 54.6 Å². The molecule has 2 aromatic carbocycles.